The molecule has 1 aromatic rings. The van der Waals surface area contributed by atoms with Crippen molar-refractivity contribution < 1.29 is 4.21 Å². The monoisotopic (exact) mass is 237 g/mol. The Morgan fingerprint density at radius 2 is 2.12 bits per heavy atom. The Morgan fingerprint density at radius 3 is 2.75 bits per heavy atom. The second kappa shape index (κ2) is 4.68. The zero-order valence-corrected chi connectivity index (χ0v) is 10.7. The lowest BCUT2D eigenvalue weighted by Gasteiger charge is -2.11. The van der Waals surface area contributed by atoms with Crippen LogP contribution in [0, 0.1) is 19.8 Å². The third-order valence-corrected chi connectivity index (χ3v) is 4.78. The number of hydrogen-bond donors (Lipinski definition) is 1. The molecule has 16 heavy (non-hydrogen) atoms. The van der Waals surface area contributed by atoms with Crippen LogP contribution in [0.25, 0.3) is 0 Å². The van der Waals surface area contributed by atoms with Gasteiger partial charge in [0.15, 0.2) is 0 Å². The summed E-state index contributed by atoms with van der Waals surface area (Å²) in [5.41, 5.74) is 8.28. The fourth-order valence-corrected chi connectivity index (χ4v) is 3.42. The van der Waals surface area contributed by atoms with Crippen molar-refractivity contribution in [3.05, 3.63) is 29.3 Å². The topological polar surface area (TPSA) is 43.1 Å². The molecule has 0 aliphatic heterocycles. The highest BCUT2D eigenvalue weighted by Crippen LogP contribution is 2.32. The highest BCUT2D eigenvalue weighted by Gasteiger charge is 2.29. The molecule has 2 N–H and O–H groups in total. The van der Waals surface area contributed by atoms with Crippen LogP contribution >= 0.6 is 0 Å². The Hall–Kier alpha value is -0.670. The highest BCUT2D eigenvalue weighted by atomic mass is 32.2. The lowest BCUT2D eigenvalue weighted by Crippen LogP contribution is -2.29. The predicted octanol–water partition coefficient (Wildman–Crippen LogP) is 2.15. The van der Waals surface area contributed by atoms with Crippen LogP contribution in [0.3, 0.4) is 0 Å². The molecule has 0 heterocycles. The summed E-state index contributed by atoms with van der Waals surface area (Å²) < 4.78 is 12.2. The lowest BCUT2D eigenvalue weighted by molar-refractivity contribution is 0.634. The minimum atomic E-state index is -0.941. The molecule has 0 spiro atoms. The summed E-state index contributed by atoms with van der Waals surface area (Å²) >= 11 is 0. The van der Waals surface area contributed by atoms with Crippen molar-refractivity contribution in [2.24, 2.45) is 11.7 Å². The molecule has 2 rings (SSSR count). The molecular weight excluding hydrogens is 218 g/mol. The molecule has 1 fully saturated rings. The Balaban J connectivity index is 2.10. The van der Waals surface area contributed by atoms with Gasteiger partial charge in [-0.3, -0.25) is 4.21 Å². The Labute approximate surface area is 99.7 Å². The Morgan fingerprint density at radius 1 is 1.44 bits per heavy atom. The first-order valence-corrected chi connectivity index (χ1v) is 7.11. The van der Waals surface area contributed by atoms with Crippen molar-refractivity contribution in [2.75, 3.05) is 5.75 Å². The minimum absolute atomic E-state index is 0.112. The van der Waals surface area contributed by atoms with Crippen LogP contribution in [0.15, 0.2) is 23.1 Å². The number of benzene rings is 1. The van der Waals surface area contributed by atoms with Gasteiger partial charge in [0.1, 0.15) is 0 Å². The second-order valence-electron chi connectivity index (χ2n) is 4.78. The molecule has 2 unspecified atom stereocenters. The fourth-order valence-electron chi connectivity index (χ4n) is 1.88. The third-order valence-electron chi connectivity index (χ3n) is 3.16. The average Bonchev–Trinajstić information content (AvgIpc) is 3.04. The van der Waals surface area contributed by atoms with Crippen LogP contribution in [-0.4, -0.2) is 16.0 Å². The molecule has 0 saturated heterocycles. The first-order chi connectivity index (χ1) is 7.58. The molecule has 1 aromatic carbocycles. The van der Waals surface area contributed by atoms with E-state index in [1.165, 1.54) is 12.8 Å². The number of hydrogen-bond acceptors (Lipinski definition) is 2. The summed E-state index contributed by atoms with van der Waals surface area (Å²) in [6.45, 7) is 4.04. The molecule has 3 heteroatoms. The van der Waals surface area contributed by atoms with Crippen molar-refractivity contribution in [3.63, 3.8) is 0 Å². The Bertz CT molecular complexity index is 412. The van der Waals surface area contributed by atoms with Gasteiger partial charge in [0.05, 0.1) is 10.8 Å². The van der Waals surface area contributed by atoms with E-state index in [1.807, 2.05) is 26.0 Å². The molecular formula is C13H19NOS. The van der Waals surface area contributed by atoms with Crippen LogP contribution in [0.5, 0.6) is 0 Å². The number of rotatable bonds is 4. The largest absolute Gasteiger partial charge is 0.327 e. The van der Waals surface area contributed by atoms with Gasteiger partial charge >= 0.3 is 0 Å². The molecule has 1 saturated carbocycles. The molecule has 2 nitrogen and oxygen atoms in total. The van der Waals surface area contributed by atoms with E-state index in [1.54, 1.807) is 0 Å². The van der Waals surface area contributed by atoms with Crippen LogP contribution < -0.4 is 5.73 Å². The van der Waals surface area contributed by atoms with Crippen LogP contribution in [0.1, 0.15) is 24.0 Å². The van der Waals surface area contributed by atoms with Crippen molar-refractivity contribution >= 4 is 10.8 Å². The van der Waals surface area contributed by atoms with Crippen LogP contribution in [-0.2, 0) is 10.8 Å². The van der Waals surface area contributed by atoms with Crippen molar-refractivity contribution in [3.8, 4) is 0 Å². The van der Waals surface area contributed by atoms with Gasteiger partial charge < -0.3 is 5.73 Å². The van der Waals surface area contributed by atoms with Gasteiger partial charge in [0, 0.05) is 16.7 Å². The third kappa shape index (κ3) is 2.71. The zero-order chi connectivity index (χ0) is 11.7. The van der Waals surface area contributed by atoms with E-state index in [0.29, 0.717) is 11.7 Å². The normalized spacial score (nSPS) is 19.4. The van der Waals surface area contributed by atoms with Crippen LogP contribution in [0.4, 0.5) is 0 Å². The van der Waals surface area contributed by atoms with Gasteiger partial charge in [-0.1, -0.05) is 12.1 Å². The van der Waals surface area contributed by atoms with Gasteiger partial charge in [0.2, 0.25) is 0 Å². The molecule has 2 atom stereocenters. The van der Waals surface area contributed by atoms with E-state index in [4.69, 9.17) is 5.73 Å². The van der Waals surface area contributed by atoms with Crippen molar-refractivity contribution in [1.29, 1.82) is 0 Å². The average molecular weight is 237 g/mol. The molecule has 0 amide bonds. The standard InChI is InChI=1S/C13H19NOS/c1-9-3-4-10(2)13(7-9)16(15)8-12(14)11-5-6-11/h3-4,7,11-12H,5-6,8,14H2,1-2H3. The quantitative estimate of drug-likeness (QED) is 0.872. The van der Waals surface area contributed by atoms with Crippen molar-refractivity contribution in [2.45, 2.75) is 37.6 Å². The number of nitrogens with two attached hydrogens (primary N) is 1. The zero-order valence-electron chi connectivity index (χ0n) is 9.90. The fraction of sp³-hybridized carbons (Fsp3) is 0.538. The molecule has 0 radical (unpaired) electrons. The summed E-state index contributed by atoms with van der Waals surface area (Å²) in [4.78, 5) is 0.955. The maximum Gasteiger partial charge on any atom is 0.0548 e. The van der Waals surface area contributed by atoms with Crippen molar-refractivity contribution in [1.82, 2.24) is 0 Å². The summed E-state index contributed by atoms with van der Waals surface area (Å²) in [6, 6.07) is 6.22. The van der Waals surface area contributed by atoms with Gasteiger partial charge in [-0.05, 0) is 49.8 Å². The van der Waals surface area contributed by atoms with Crippen LogP contribution in [0.2, 0.25) is 0 Å². The van der Waals surface area contributed by atoms with Gasteiger partial charge in [-0.15, -0.1) is 0 Å². The second-order valence-corrected chi connectivity index (χ2v) is 6.25. The minimum Gasteiger partial charge on any atom is -0.327 e. The predicted molar refractivity (Wildman–Crippen MR) is 67.9 cm³/mol. The van der Waals surface area contributed by atoms with E-state index >= 15 is 0 Å². The maximum absolute atomic E-state index is 12.2. The van der Waals surface area contributed by atoms with E-state index in [2.05, 4.69) is 6.07 Å². The molecule has 1 aliphatic carbocycles. The van der Waals surface area contributed by atoms with E-state index in [0.717, 1.165) is 16.0 Å². The molecule has 1 aliphatic rings. The van der Waals surface area contributed by atoms with Gasteiger partial charge in [-0.2, -0.15) is 0 Å². The summed E-state index contributed by atoms with van der Waals surface area (Å²) in [5.74, 6) is 1.23. The molecule has 0 bridgehead atoms. The van der Waals surface area contributed by atoms with E-state index in [-0.39, 0.29) is 6.04 Å². The van der Waals surface area contributed by atoms with Gasteiger partial charge in [-0.25, -0.2) is 0 Å². The summed E-state index contributed by atoms with van der Waals surface area (Å²) in [6.07, 6.45) is 2.43. The summed E-state index contributed by atoms with van der Waals surface area (Å²) in [5, 5.41) is 0. The number of aryl methyl sites for hydroxylation is 2. The first kappa shape index (κ1) is 11.8. The maximum atomic E-state index is 12.2. The van der Waals surface area contributed by atoms with E-state index < -0.39 is 10.8 Å². The SMILES string of the molecule is Cc1ccc(C)c(S(=O)CC(N)C2CC2)c1. The molecule has 88 valence electrons. The van der Waals surface area contributed by atoms with Gasteiger partial charge in [0.25, 0.3) is 0 Å². The first-order valence-electron chi connectivity index (χ1n) is 5.79. The lowest BCUT2D eigenvalue weighted by atomic mass is 10.2. The Kier molecular flexibility index (Phi) is 3.45. The van der Waals surface area contributed by atoms with E-state index in [9.17, 15) is 4.21 Å². The highest BCUT2D eigenvalue weighted by molar-refractivity contribution is 7.85. The molecule has 0 aromatic heterocycles. The smallest absolute Gasteiger partial charge is 0.0548 e. The summed E-state index contributed by atoms with van der Waals surface area (Å²) in [7, 11) is -0.941.